The molecule has 2 amide bonds. The molecule has 8 rings (SSSR count). The number of ether oxygens (including phenoxy) is 4. The van der Waals surface area contributed by atoms with E-state index in [4.69, 9.17) is 18.9 Å². The minimum absolute atomic E-state index is 0.118. The number of allylic oxidation sites excluding steroid dienone is 1. The summed E-state index contributed by atoms with van der Waals surface area (Å²) < 4.78 is 22.3. The van der Waals surface area contributed by atoms with Crippen LogP contribution in [0.15, 0.2) is 84.9 Å². The normalized spacial score (nSPS) is 24.0. The van der Waals surface area contributed by atoms with Gasteiger partial charge in [0.1, 0.15) is 11.5 Å². The lowest BCUT2D eigenvalue weighted by atomic mass is 9.64. The number of esters is 1. The first-order chi connectivity index (χ1) is 20.0. The largest absolute Gasteiger partial charge is 0.497 e. The molecule has 4 aromatic carbocycles. The summed E-state index contributed by atoms with van der Waals surface area (Å²) in [5, 5.41) is 1.90. The van der Waals surface area contributed by atoms with Crippen molar-refractivity contribution >= 4 is 39.8 Å². The molecule has 0 saturated carbocycles. The van der Waals surface area contributed by atoms with Gasteiger partial charge in [-0.15, -0.1) is 0 Å². The van der Waals surface area contributed by atoms with Gasteiger partial charge in [0.15, 0.2) is 11.5 Å². The zero-order valence-electron chi connectivity index (χ0n) is 21.9. The minimum Gasteiger partial charge on any atom is -0.497 e. The van der Waals surface area contributed by atoms with E-state index in [1.54, 1.807) is 37.4 Å². The predicted octanol–water partition coefficient (Wildman–Crippen LogP) is 5.10. The third-order valence-electron chi connectivity index (χ3n) is 8.59. The van der Waals surface area contributed by atoms with Crippen molar-refractivity contribution in [3.05, 3.63) is 96.1 Å². The van der Waals surface area contributed by atoms with Gasteiger partial charge in [-0.05, 0) is 64.4 Å². The summed E-state index contributed by atoms with van der Waals surface area (Å²) in [6, 6.07) is 23.9. The first-order valence-corrected chi connectivity index (χ1v) is 13.4. The van der Waals surface area contributed by atoms with Crippen LogP contribution in [0.2, 0.25) is 0 Å². The third-order valence-corrected chi connectivity index (χ3v) is 8.59. The van der Waals surface area contributed by atoms with Crippen LogP contribution in [-0.2, 0) is 14.4 Å². The van der Waals surface area contributed by atoms with Gasteiger partial charge in [-0.1, -0.05) is 42.5 Å². The van der Waals surface area contributed by atoms with Crippen LogP contribution in [0.1, 0.15) is 17.0 Å². The lowest BCUT2D eigenvalue weighted by Crippen LogP contribution is -2.42. The second-order valence-electron chi connectivity index (χ2n) is 10.6. The van der Waals surface area contributed by atoms with Gasteiger partial charge in [-0.25, -0.2) is 4.90 Å². The molecule has 1 fully saturated rings. The van der Waals surface area contributed by atoms with E-state index >= 15 is 0 Å². The fraction of sp³-hybridized carbons (Fsp3) is 0.182. The molecule has 202 valence electrons. The second kappa shape index (κ2) is 8.69. The summed E-state index contributed by atoms with van der Waals surface area (Å²) >= 11 is 0. The molecule has 0 N–H and O–H groups in total. The standard InChI is InChI=1S/C33H23NO7/c1-38-20-10-8-19(9-11-20)34-31(35)28-22(18-7-12-24-26(14-18)40-16-39-24)15-23-27-21-5-3-2-4-17(21)6-13-25(27)41-33(37)29(23)30(28)32(34)36/h2-15,22,28-30H,16H2,1H3/t22-,28+,29-,30+/m1/s1. The van der Waals surface area contributed by atoms with Crippen molar-refractivity contribution in [3.8, 4) is 23.0 Å². The highest BCUT2D eigenvalue weighted by Crippen LogP contribution is 2.56. The van der Waals surface area contributed by atoms with Crippen LogP contribution in [0.3, 0.4) is 0 Å². The van der Waals surface area contributed by atoms with Crippen molar-refractivity contribution in [2.24, 2.45) is 17.8 Å². The van der Waals surface area contributed by atoms with Crippen LogP contribution in [0.25, 0.3) is 16.3 Å². The summed E-state index contributed by atoms with van der Waals surface area (Å²) in [6.45, 7) is 0.118. The van der Waals surface area contributed by atoms with Crippen molar-refractivity contribution in [2.75, 3.05) is 18.8 Å². The van der Waals surface area contributed by atoms with Gasteiger partial charge in [0.25, 0.3) is 0 Å². The molecular formula is C33H23NO7. The number of methoxy groups -OCH3 is 1. The number of anilines is 1. The molecule has 3 aliphatic heterocycles. The quantitative estimate of drug-likeness (QED) is 0.201. The molecule has 0 radical (unpaired) electrons. The topological polar surface area (TPSA) is 91.4 Å². The Morgan fingerprint density at radius 1 is 0.805 bits per heavy atom. The van der Waals surface area contributed by atoms with Crippen molar-refractivity contribution < 1.29 is 33.3 Å². The average molecular weight is 546 g/mol. The smallest absolute Gasteiger partial charge is 0.319 e. The molecule has 4 atom stereocenters. The number of carbonyl (C=O) groups excluding carboxylic acids is 3. The number of imide groups is 1. The highest BCUT2D eigenvalue weighted by Gasteiger charge is 2.60. The molecule has 8 nitrogen and oxygen atoms in total. The maximum absolute atomic E-state index is 14.2. The zero-order chi connectivity index (χ0) is 27.8. The number of rotatable bonds is 3. The van der Waals surface area contributed by atoms with Gasteiger partial charge >= 0.3 is 5.97 Å². The van der Waals surface area contributed by atoms with E-state index in [0.717, 1.165) is 21.9 Å². The number of hydrogen-bond donors (Lipinski definition) is 0. The Morgan fingerprint density at radius 3 is 2.39 bits per heavy atom. The Hall–Kier alpha value is -5.11. The highest BCUT2D eigenvalue weighted by molar-refractivity contribution is 6.25. The first kappa shape index (κ1) is 23.7. The monoisotopic (exact) mass is 545 g/mol. The minimum atomic E-state index is -0.945. The van der Waals surface area contributed by atoms with E-state index in [0.29, 0.717) is 34.3 Å². The molecule has 0 spiro atoms. The molecule has 4 aromatic rings. The van der Waals surface area contributed by atoms with E-state index < -0.39 is 35.5 Å². The fourth-order valence-corrected chi connectivity index (χ4v) is 6.76. The average Bonchev–Trinajstić information content (AvgIpc) is 3.58. The summed E-state index contributed by atoms with van der Waals surface area (Å²) in [4.78, 5) is 43.3. The van der Waals surface area contributed by atoms with Gasteiger partial charge in [0.05, 0.1) is 30.6 Å². The van der Waals surface area contributed by atoms with Crippen molar-refractivity contribution in [1.82, 2.24) is 0 Å². The molecule has 1 saturated heterocycles. The number of fused-ring (bicyclic) bond motifs is 8. The molecule has 0 unspecified atom stereocenters. The molecule has 0 bridgehead atoms. The number of carbonyl (C=O) groups is 3. The highest BCUT2D eigenvalue weighted by atomic mass is 16.7. The summed E-state index contributed by atoms with van der Waals surface area (Å²) in [5.41, 5.74) is 2.71. The maximum atomic E-state index is 14.2. The Kier molecular flexibility index (Phi) is 5.04. The molecule has 41 heavy (non-hydrogen) atoms. The van der Waals surface area contributed by atoms with Crippen LogP contribution in [0.4, 0.5) is 5.69 Å². The van der Waals surface area contributed by atoms with Crippen molar-refractivity contribution in [3.63, 3.8) is 0 Å². The SMILES string of the molecule is COc1ccc(N2C(=O)[C@@H]3[C@@H]4C(=O)Oc5ccc6ccccc6c5C4=C[C@H](c4ccc5c(c4)OCO5)[C@@H]3C2=O)cc1. The first-order valence-electron chi connectivity index (χ1n) is 13.4. The Labute approximate surface area is 234 Å². The Balaban J connectivity index is 1.34. The second-order valence-corrected chi connectivity index (χ2v) is 10.6. The molecule has 4 aliphatic rings. The van der Waals surface area contributed by atoms with E-state index in [1.165, 1.54) is 4.90 Å². The van der Waals surface area contributed by atoms with E-state index in [-0.39, 0.29) is 12.7 Å². The van der Waals surface area contributed by atoms with Crippen LogP contribution in [0, 0.1) is 17.8 Å². The molecule has 0 aromatic heterocycles. The van der Waals surface area contributed by atoms with Crippen LogP contribution in [0.5, 0.6) is 23.0 Å². The van der Waals surface area contributed by atoms with Gasteiger partial charge in [0.2, 0.25) is 18.6 Å². The van der Waals surface area contributed by atoms with Gasteiger partial charge < -0.3 is 18.9 Å². The number of benzene rings is 4. The molecule has 8 heteroatoms. The summed E-state index contributed by atoms with van der Waals surface area (Å²) in [6.07, 6.45) is 1.98. The molecule has 3 heterocycles. The Bertz CT molecular complexity index is 1830. The number of hydrogen-bond acceptors (Lipinski definition) is 7. The fourth-order valence-electron chi connectivity index (χ4n) is 6.76. The molecule has 1 aliphatic carbocycles. The molecular weight excluding hydrogens is 522 g/mol. The zero-order valence-corrected chi connectivity index (χ0v) is 21.9. The van der Waals surface area contributed by atoms with Crippen molar-refractivity contribution in [1.29, 1.82) is 0 Å². The van der Waals surface area contributed by atoms with Crippen LogP contribution >= 0.6 is 0 Å². The lowest BCUT2D eigenvalue weighted by molar-refractivity contribution is -0.142. The lowest BCUT2D eigenvalue weighted by Gasteiger charge is -2.38. The number of amides is 2. The van der Waals surface area contributed by atoms with Crippen LogP contribution < -0.4 is 23.8 Å². The van der Waals surface area contributed by atoms with E-state index in [9.17, 15) is 14.4 Å². The number of nitrogens with zero attached hydrogens (tertiary/aromatic N) is 1. The van der Waals surface area contributed by atoms with Crippen LogP contribution in [-0.4, -0.2) is 31.7 Å². The summed E-state index contributed by atoms with van der Waals surface area (Å²) in [5.74, 6) is -2.25. The van der Waals surface area contributed by atoms with Gasteiger partial charge in [-0.2, -0.15) is 0 Å². The maximum Gasteiger partial charge on any atom is 0.319 e. The third kappa shape index (κ3) is 3.37. The Morgan fingerprint density at radius 2 is 1.56 bits per heavy atom. The van der Waals surface area contributed by atoms with E-state index in [1.807, 2.05) is 54.6 Å². The van der Waals surface area contributed by atoms with Gasteiger partial charge in [0, 0.05) is 11.5 Å². The van der Waals surface area contributed by atoms with Gasteiger partial charge in [-0.3, -0.25) is 14.4 Å². The van der Waals surface area contributed by atoms with E-state index in [2.05, 4.69) is 0 Å². The summed E-state index contributed by atoms with van der Waals surface area (Å²) in [7, 11) is 1.55. The predicted molar refractivity (Wildman–Crippen MR) is 149 cm³/mol. The van der Waals surface area contributed by atoms with Crippen molar-refractivity contribution in [2.45, 2.75) is 5.92 Å².